The minimum absolute atomic E-state index is 0.0479. The first-order chi connectivity index (χ1) is 15.4. The van der Waals surface area contributed by atoms with E-state index in [0.29, 0.717) is 18.9 Å². The molecule has 4 rings (SSSR count). The molecule has 0 aliphatic heterocycles. The fourth-order valence-electron chi connectivity index (χ4n) is 5.54. The van der Waals surface area contributed by atoms with Gasteiger partial charge in [0.15, 0.2) is 0 Å². The number of carboxylic acids is 1. The zero-order valence-corrected chi connectivity index (χ0v) is 19.0. The third-order valence-electron chi connectivity index (χ3n) is 6.77. The summed E-state index contributed by atoms with van der Waals surface area (Å²) in [6, 6.07) is 15.5. The van der Waals surface area contributed by atoms with Crippen molar-refractivity contribution < 1.29 is 19.4 Å². The molecule has 3 atom stereocenters. The molecule has 0 spiro atoms. The molecule has 3 unspecified atom stereocenters. The second kappa shape index (κ2) is 9.19. The van der Waals surface area contributed by atoms with Gasteiger partial charge in [-0.3, -0.25) is 4.90 Å². The molecule has 0 heterocycles. The maximum absolute atomic E-state index is 13.1. The number of likely N-dealkylation sites (N-methyl/N-ethyl adjacent to an activating group) is 1. The molecule has 0 radical (unpaired) electrons. The van der Waals surface area contributed by atoms with E-state index in [4.69, 9.17) is 4.74 Å². The van der Waals surface area contributed by atoms with Gasteiger partial charge in [-0.15, -0.1) is 0 Å². The van der Waals surface area contributed by atoms with Gasteiger partial charge in [0, 0.05) is 12.5 Å². The number of carboxylic acid groups (broad SMARTS) is 1. The highest BCUT2D eigenvalue weighted by Gasteiger charge is 2.39. The molecule has 0 bridgehead atoms. The molecule has 0 saturated heterocycles. The number of rotatable bonds is 6. The van der Waals surface area contributed by atoms with Crippen LogP contribution < -0.4 is 0 Å². The number of nitrogens with zero attached hydrogens (tertiary/aromatic N) is 1. The molecule has 2 aromatic carbocycles. The minimum atomic E-state index is -0.966. The molecule has 5 nitrogen and oxygen atoms in total. The van der Waals surface area contributed by atoms with Crippen molar-refractivity contribution in [3.63, 3.8) is 0 Å². The minimum Gasteiger partial charge on any atom is -0.480 e. The molecular formula is C27H31NO4. The van der Waals surface area contributed by atoms with Gasteiger partial charge in [-0.25, -0.2) is 9.59 Å². The van der Waals surface area contributed by atoms with Crippen molar-refractivity contribution in [2.75, 3.05) is 13.2 Å². The van der Waals surface area contributed by atoms with Gasteiger partial charge in [-0.2, -0.15) is 0 Å². The van der Waals surface area contributed by atoms with Crippen LogP contribution in [0.3, 0.4) is 0 Å². The number of carbonyl (C=O) groups is 2. The molecule has 0 fully saturated rings. The fourth-order valence-corrected chi connectivity index (χ4v) is 5.54. The normalized spacial score (nSPS) is 20.7. The summed E-state index contributed by atoms with van der Waals surface area (Å²) in [5.41, 5.74) is 5.79. The van der Waals surface area contributed by atoms with Crippen LogP contribution in [0.15, 0.2) is 60.2 Å². The topological polar surface area (TPSA) is 66.8 Å². The Morgan fingerprint density at radius 2 is 1.69 bits per heavy atom. The van der Waals surface area contributed by atoms with Crippen molar-refractivity contribution in [1.82, 2.24) is 4.90 Å². The van der Waals surface area contributed by atoms with Crippen LogP contribution in [0.25, 0.3) is 11.1 Å². The molecule has 0 saturated carbocycles. The average Bonchev–Trinajstić information content (AvgIpc) is 3.08. The number of hydrogen-bond acceptors (Lipinski definition) is 3. The number of benzene rings is 2. The molecule has 2 aliphatic carbocycles. The number of ether oxygens (including phenoxy) is 1. The summed E-state index contributed by atoms with van der Waals surface area (Å²) in [6.45, 7) is 6.42. The Kier molecular flexibility index (Phi) is 6.35. The second-order valence-corrected chi connectivity index (χ2v) is 9.06. The monoisotopic (exact) mass is 433 g/mol. The van der Waals surface area contributed by atoms with Crippen LogP contribution in [0, 0.1) is 11.8 Å². The van der Waals surface area contributed by atoms with Crippen LogP contribution in [0.5, 0.6) is 0 Å². The zero-order valence-electron chi connectivity index (χ0n) is 19.0. The summed E-state index contributed by atoms with van der Waals surface area (Å²) >= 11 is 0. The number of allylic oxidation sites excluding steroid dienone is 2. The molecule has 168 valence electrons. The van der Waals surface area contributed by atoms with E-state index in [1.807, 2.05) is 38.1 Å². The van der Waals surface area contributed by atoms with E-state index in [1.54, 1.807) is 0 Å². The van der Waals surface area contributed by atoms with E-state index < -0.39 is 18.1 Å². The Bertz CT molecular complexity index is 998. The summed E-state index contributed by atoms with van der Waals surface area (Å²) in [5.74, 6) is -0.828. The first kappa shape index (κ1) is 22.1. The van der Waals surface area contributed by atoms with Crippen molar-refractivity contribution in [2.24, 2.45) is 11.8 Å². The number of fused-ring (bicyclic) bond motifs is 3. The van der Waals surface area contributed by atoms with Crippen LogP contribution in [-0.4, -0.2) is 41.3 Å². The van der Waals surface area contributed by atoms with Gasteiger partial charge < -0.3 is 9.84 Å². The quantitative estimate of drug-likeness (QED) is 0.593. The van der Waals surface area contributed by atoms with Crippen molar-refractivity contribution in [3.8, 4) is 11.1 Å². The van der Waals surface area contributed by atoms with Crippen LogP contribution in [0.4, 0.5) is 4.79 Å². The highest BCUT2D eigenvalue weighted by Crippen LogP contribution is 2.44. The maximum Gasteiger partial charge on any atom is 0.410 e. The first-order valence-corrected chi connectivity index (χ1v) is 11.4. The summed E-state index contributed by atoms with van der Waals surface area (Å²) in [6.07, 6.45) is 3.08. The molecular weight excluding hydrogens is 402 g/mol. The van der Waals surface area contributed by atoms with Crippen LogP contribution >= 0.6 is 0 Å². The highest BCUT2D eigenvalue weighted by atomic mass is 16.6. The van der Waals surface area contributed by atoms with Gasteiger partial charge in [0.25, 0.3) is 0 Å². The standard InChI is InChI=1S/C27H31NO4/c1-4-28(25(26(29)30)19-14-17(2)13-18(3)15-19)27(31)32-16-24-22-11-7-5-9-20(22)21-10-6-8-12-23(21)24/h5-13,17,19,24-25H,4,14-16H2,1-3H3,(H,29,30). The second-order valence-electron chi connectivity index (χ2n) is 9.06. The summed E-state index contributed by atoms with van der Waals surface area (Å²) in [7, 11) is 0. The molecule has 1 amide bonds. The largest absolute Gasteiger partial charge is 0.480 e. The lowest BCUT2D eigenvalue weighted by molar-refractivity contribution is -0.145. The fraction of sp³-hybridized carbons (Fsp3) is 0.407. The smallest absolute Gasteiger partial charge is 0.410 e. The number of aliphatic carboxylic acids is 1. The molecule has 5 heteroatoms. The third-order valence-corrected chi connectivity index (χ3v) is 6.77. The molecule has 0 aromatic heterocycles. The average molecular weight is 434 g/mol. The SMILES string of the molecule is CCN(C(=O)OCC1c2ccccc2-c2ccccc21)C(C(=O)O)C1CC(C)=CC(C)C1. The maximum atomic E-state index is 13.1. The molecule has 2 aliphatic rings. The predicted molar refractivity (Wildman–Crippen MR) is 125 cm³/mol. The Hall–Kier alpha value is -3.08. The Morgan fingerprint density at radius 3 is 2.22 bits per heavy atom. The number of carbonyl (C=O) groups excluding carboxylic acids is 1. The molecule has 2 aromatic rings. The Balaban J connectivity index is 1.52. The lowest BCUT2D eigenvalue weighted by atomic mass is 9.79. The van der Waals surface area contributed by atoms with E-state index in [9.17, 15) is 14.7 Å². The van der Waals surface area contributed by atoms with Crippen molar-refractivity contribution in [2.45, 2.75) is 45.6 Å². The van der Waals surface area contributed by atoms with Crippen LogP contribution in [0.1, 0.15) is 50.7 Å². The van der Waals surface area contributed by atoms with Gasteiger partial charge in [0.2, 0.25) is 0 Å². The van der Waals surface area contributed by atoms with Crippen molar-refractivity contribution in [3.05, 3.63) is 71.3 Å². The van der Waals surface area contributed by atoms with Gasteiger partial charge in [0.05, 0.1) is 0 Å². The van der Waals surface area contributed by atoms with Crippen molar-refractivity contribution in [1.29, 1.82) is 0 Å². The number of hydrogen-bond donors (Lipinski definition) is 1. The van der Waals surface area contributed by atoms with Gasteiger partial charge in [0.1, 0.15) is 12.6 Å². The van der Waals surface area contributed by atoms with Crippen LogP contribution in [-0.2, 0) is 9.53 Å². The van der Waals surface area contributed by atoms with Crippen molar-refractivity contribution >= 4 is 12.1 Å². The number of amides is 1. The Morgan fingerprint density at radius 1 is 1.09 bits per heavy atom. The predicted octanol–water partition coefficient (Wildman–Crippen LogP) is 5.70. The van der Waals surface area contributed by atoms with Crippen LogP contribution in [0.2, 0.25) is 0 Å². The van der Waals surface area contributed by atoms with Gasteiger partial charge in [-0.05, 0) is 60.8 Å². The summed E-state index contributed by atoms with van der Waals surface area (Å²) in [4.78, 5) is 26.8. The summed E-state index contributed by atoms with van der Waals surface area (Å²) in [5, 5.41) is 10.0. The van der Waals surface area contributed by atoms with E-state index >= 15 is 0 Å². The lowest BCUT2D eigenvalue weighted by Crippen LogP contribution is -2.50. The lowest BCUT2D eigenvalue weighted by Gasteiger charge is -2.36. The summed E-state index contributed by atoms with van der Waals surface area (Å²) < 4.78 is 5.78. The third kappa shape index (κ3) is 4.16. The Labute approximate surface area is 189 Å². The van der Waals surface area contributed by atoms with E-state index in [0.717, 1.165) is 17.5 Å². The van der Waals surface area contributed by atoms with E-state index in [2.05, 4.69) is 37.3 Å². The molecule has 32 heavy (non-hydrogen) atoms. The van der Waals surface area contributed by atoms with E-state index in [-0.39, 0.29) is 18.4 Å². The van der Waals surface area contributed by atoms with Gasteiger partial charge >= 0.3 is 12.1 Å². The molecule has 1 N–H and O–H groups in total. The highest BCUT2D eigenvalue weighted by molar-refractivity contribution is 5.81. The van der Waals surface area contributed by atoms with Gasteiger partial charge in [-0.1, -0.05) is 67.1 Å². The zero-order chi connectivity index (χ0) is 22.8. The van der Waals surface area contributed by atoms with E-state index in [1.165, 1.54) is 21.6 Å². The first-order valence-electron chi connectivity index (χ1n) is 11.4.